The van der Waals surface area contributed by atoms with E-state index in [-0.39, 0.29) is 10.7 Å². The molecule has 2 aromatic rings. The van der Waals surface area contributed by atoms with Crippen LogP contribution in [0.1, 0.15) is 38.7 Å². The second-order valence-corrected chi connectivity index (χ2v) is 6.90. The van der Waals surface area contributed by atoms with Gasteiger partial charge in [0, 0.05) is 0 Å². The van der Waals surface area contributed by atoms with Crippen molar-refractivity contribution in [3.8, 4) is 0 Å². The molecule has 1 N–H and O–H groups in total. The first kappa shape index (κ1) is 14.5. The number of hydrogen-bond donors (Lipinski definition) is 1. The largest absolute Gasteiger partial charge is 0.301 e. The van der Waals surface area contributed by atoms with E-state index in [1.54, 1.807) is 0 Å². The van der Waals surface area contributed by atoms with Gasteiger partial charge in [0.25, 0.3) is 0 Å². The van der Waals surface area contributed by atoms with Crippen molar-refractivity contribution in [2.45, 2.75) is 37.9 Å². The number of halogens is 1. The average Bonchev–Trinajstić information content (AvgIpc) is 2.78. The lowest BCUT2D eigenvalue weighted by atomic mass is 10.0. The molecule has 5 heteroatoms. The van der Waals surface area contributed by atoms with Crippen molar-refractivity contribution in [3.05, 3.63) is 23.8 Å². The molecular formula is C14H17BrN2OS. The van der Waals surface area contributed by atoms with Crippen molar-refractivity contribution < 1.29 is 4.79 Å². The van der Waals surface area contributed by atoms with Gasteiger partial charge < -0.3 is 5.32 Å². The molecule has 2 rings (SSSR count). The third-order valence-corrected chi connectivity index (χ3v) is 4.95. The van der Waals surface area contributed by atoms with Crippen molar-refractivity contribution in [1.29, 1.82) is 0 Å². The number of benzene rings is 1. The summed E-state index contributed by atoms with van der Waals surface area (Å²) in [7, 11) is 0. The zero-order chi connectivity index (χ0) is 14.0. The third-order valence-electron chi connectivity index (χ3n) is 2.95. The van der Waals surface area contributed by atoms with Crippen LogP contribution in [-0.2, 0) is 4.79 Å². The van der Waals surface area contributed by atoms with Crippen molar-refractivity contribution in [1.82, 2.24) is 4.98 Å². The number of rotatable bonds is 4. The summed E-state index contributed by atoms with van der Waals surface area (Å²) >= 11 is 4.86. The predicted molar refractivity (Wildman–Crippen MR) is 85.3 cm³/mol. The van der Waals surface area contributed by atoms with Crippen LogP contribution in [0.2, 0.25) is 0 Å². The van der Waals surface area contributed by atoms with Gasteiger partial charge in [-0.2, -0.15) is 0 Å². The van der Waals surface area contributed by atoms with Gasteiger partial charge in [-0.05, 0) is 30.0 Å². The first-order valence-corrected chi connectivity index (χ1v) is 8.10. The summed E-state index contributed by atoms with van der Waals surface area (Å²) in [4.78, 5) is 16.1. The highest BCUT2D eigenvalue weighted by Crippen LogP contribution is 2.29. The molecule has 3 nitrogen and oxygen atoms in total. The van der Waals surface area contributed by atoms with Gasteiger partial charge in [-0.3, -0.25) is 4.79 Å². The monoisotopic (exact) mass is 340 g/mol. The van der Waals surface area contributed by atoms with E-state index in [0.29, 0.717) is 11.0 Å². The number of nitrogens with one attached hydrogen (secondary N) is 1. The van der Waals surface area contributed by atoms with Gasteiger partial charge in [-0.15, -0.1) is 0 Å². The van der Waals surface area contributed by atoms with E-state index in [4.69, 9.17) is 0 Å². The second kappa shape index (κ2) is 6.01. The molecule has 0 aliphatic carbocycles. The van der Waals surface area contributed by atoms with Crippen molar-refractivity contribution in [2.75, 3.05) is 5.32 Å². The molecule has 102 valence electrons. The minimum absolute atomic E-state index is 0.0364. The lowest BCUT2D eigenvalue weighted by molar-refractivity contribution is -0.115. The number of aromatic nitrogens is 1. The molecule has 0 radical (unpaired) electrons. The fourth-order valence-electron chi connectivity index (χ4n) is 1.72. The van der Waals surface area contributed by atoms with Crippen LogP contribution in [0, 0.1) is 0 Å². The maximum Gasteiger partial charge on any atom is 0.239 e. The number of alkyl halides is 1. The summed E-state index contributed by atoms with van der Waals surface area (Å²) in [6, 6.07) is 6.26. The van der Waals surface area contributed by atoms with Crippen LogP contribution in [0.15, 0.2) is 18.2 Å². The zero-order valence-electron chi connectivity index (χ0n) is 11.2. The summed E-state index contributed by atoms with van der Waals surface area (Å²) in [5, 5.41) is 3.52. The van der Waals surface area contributed by atoms with E-state index >= 15 is 0 Å². The molecule has 0 fully saturated rings. The van der Waals surface area contributed by atoms with E-state index in [0.717, 1.165) is 16.6 Å². The molecule has 0 bridgehead atoms. The maximum atomic E-state index is 11.8. The quantitative estimate of drug-likeness (QED) is 0.830. The van der Waals surface area contributed by atoms with Gasteiger partial charge in [0.1, 0.15) is 0 Å². The van der Waals surface area contributed by atoms with Gasteiger partial charge in [0.15, 0.2) is 5.13 Å². The fraction of sp³-hybridized carbons (Fsp3) is 0.429. The molecule has 0 aliphatic rings. The molecule has 0 unspecified atom stereocenters. The molecule has 1 aromatic heterocycles. The van der Waals surface area contributed by atoms with E-state index in [1.165, 1.54) is 16.9 Å². The molecule has 0 aliphatic heterocycles. The zero-order valence-corrected chi connectivity index (χ0v) is 13.6. The third kappa shape index (κ3) is 3.34. The molecule has 1 aromatic carbocycles. The Morgan fingerprint density at radius 3 is 2.84 bits per heavy atom. The average molecular weight is 341 g/mol. The lowest BCUT2D eigenvalue weighted by Crippen LogP contribution is -2.21. The predicted octanol–water partition coefficient (Wildman–Crippen LogP) is 4.53. The molecular weight excluding hydrogens is 324 g/mol. The van der Waals surface area contributed by atoms with Crippen LogP contribution in [-0.4, -0.2) is 15.7 Å². The van der Waals surface area contributed by atoms with Crippen molar-refractivity contribution in [3.63, 3.8) is 0 Å². The van der Waals surface area contributed by atoms with E-state index < -0.39 is 0 Å². The Labute approximate surface area is 125 Å². The maximum absolute atomic E-state index is 11.8. The number of anilines is 1. The van der Waals surface area contributed by atoms with Gasteiger partial charge in [-0.1, -0.05) is 54.1 Å². The first-order chi connectivity index (χ1) is 9.01. The van der Waals surface area contributed by atoms with Crippen molar-refractivity contribution in [2.24, 2.45) is 0 Å². The van der Waals surface area contributed by atoms with Gasteiger partial charge >= 0.3 is 0 Å². The number of fused-ring (bicyclic) bond motifs is 1. The molecule has 0 spiro atoms. The highest BCUT2D eigenvalue weighted by Gasteiger charge is 2.14. The van der Waals surface area contributed by atoms with Crippen LogP contribution in [0.3, 0.4) is 0 Å². The number of carbonyl (C=O) groups is 1. The highest BCUT2D eigenvalue weighted by atomic mass is 79.9. The standard InChI is InChI=1S/C14H17BrN2OS/c1-4-10(15)13(18)17-14-16-11-6-5-9(8(2)3)7-12(11)19-14/h5-8,10H,4H2,1-3H3,(H,16,17,18)/t10-/m1/s1. The smallest absolute Gasteiger partial charge is 0.239 e. The van der Waals surface area contributed by atoms with Crippen molar-refractivity contribution >= 4 is 48.5 Å². The number of amides is 1. The molecule has 1 amide bonds. The van der Waals surface area contributed by atoms with Gasteiger partial charge in [0.2, 0.25) is 5.91 Å². The number of hydrogen-bond acceptors (Lipinski definition) is 3. The van der Waals surface area contributed by atoms with Crippen LogP contribution < -0.4 is 5.32 Å². The SMILES string of the molecule is CC[C@@H](Br)C(=O)Nc1nc2ccc(C(C)C)cc2s1. The Kier molecular flexibility index (Phi) is 4.58. The van der Waals surface area contributed by atoms with E-state index in [2.05, 4.69) is 52.2 Å². The fourth-order valence-corrected chi connectivity index (χ4v) is 2.75. The lowest BCUT2D eigenvalue weighted by Gasteiger charge is -2.04. The molecule has 1 atom stereocenters. The normalized spacial score (nSPS) is 12.9. The summed E-state index contributed by atoms with van der Waals surface area (Å²) in [5.41, 5.74) is 2.23. The highest BCUT2D eigenvalue weighted by molar-refractivity contribution is 9.10. The minimum atomic E-state index is -0.161. The van der Waals surface area contributed by atoms with E-state index in [9.17, 15) is 4.79 Å². The second-order valence-electron chi connectivity index (χ2n) is 4.77. The Morgan fingerprint density at radius 2 is 2.21 bits per heavy atom. The molecule has 0 saturated carbocycles. The number of nitrogens with zero attached hydrogens (tertiary/aromatic N) is 1. The van der Waals surface area contributed by atoms with Crippen LogP contribution in [0.5, 0.6) is 0 Å². The Hall–Kier alpha value is -0.940. The summed E-state index contributed by atoms with van der Waals surface area (Å²) in [6.45, 7) is 6.30. The summed E-state index contributed by atoms with van der Waals surface area (Å²) < 4.78 is 1.11. The summed E-state index contributed by atoms with van der Waals surface area (Å²) in [5.74, 6) is 0.460. The minimum Gasteiger partial charge on any atom is -0.301 e. The Morgan fingerprint density at radius 1 is 1.47 bits per heavy atom. The number of thiazole rings is 1. The van der Waals surface area contributed by atoms with E-state index in [1.807, 2.05) is 13.0 Å². The topological polar surface area (TPSA) is 42.0 Å². The van der Waals surface area contributed by atoms with Gasteiger partial charge in [0.05, 0.1) is 15.0 Å². The molecule has 19 heavy (non-hydrogen) atoms. The van der Waals surface area contributed by atoms with Crippen LogP contribution >= 0.6 is 27.3 Å². The van der Waals surface area contributed by atoms with Crippen LogP contribution in [0.4, 0.5) is 5.13 Å². The Bertz CT molecular complexity index is 594. The first-order valence-electron chi connectivity index (χ1n) is 6.36. The molecule has 0 saturated heterocycles. The Balaban J connectivity index is 2.24. The van der Waals surface area contributed by atoms with Crippen LogP contribution in [0.25, 0.3) is 10.2 Å². The number of carbonyl (C=O) groups excluding carboxylic acids is 1. The summed E-state index contributed by atoms with van der Waals surface area (Å²) in [6.07, 6.45) is 0.758. The van der Waals surface area contributed by atoms with Gasteiger partial charge in [-0.25, -0.2) is 4.98 Å². The molecule has 1 heterocycles.